The molecule has 1 aliphatic rings. The van der Waals surface area contributed by atoms with Crippen molar-refractivity contribution in [2.24, 2.45) is 5.11 Å². The molecule has 4 nitrogen and oxygen atoms in total. The molecule has 19 heavy (non-hydrogen) atoms. The second-order valence-corrected chi connectivity index (χ2v) is 4.79. The van der Waals surface area contributed by atoms with Crippen molar-refractivity contribution in [3.05, 3.63) is 46.3 Å². The topological polar surface area (TPSA) is 52.0 Å². The van der Waals surface area contributed by atoms with Crippen LogP contribution in [0.1, 0.15) is 31.2 Å². The quantitative estimate of drug-likeness (QED) is 0.333. The third kappa shape index (κ3) is 4.34. The second kappa shape index (κ2) is 7.49. The number of hydrogen-bond acceptors (Lipinski definition) is 2. The number of rotatable bonds is 5. The smallest absolute Gasteiger partial charge is 0.0372 e. The lowest BCUT2D eigenvalue weighted by atomic mass is 10.1. The average Bonchev–Trinajstić information content (AvgIpc) is 2.48. The van der Waals surface area contributed by atoms with Gasteiger partial charge in [-0.25, -0.2) is 0 Å². The summed E-state index contributed by atoms with van der Waals surface area (Å²) in [5, 5.41) is 3.52. The van der Waals surface area contributed by atoms with Gasteiger partial charge in [-0.05, 0) is 48.9 Å². The molecule has 4 heteroatoms. The highest BCUT2D eigenvalue weighted by molar-refractivity contribution is 5.58. The fourth-order valence-electron chi connectivity index (χ4n) is 2.37. The maximum atomic E-state index is 8.19. The molecule has 0 saturated carbocycles. The van der Waals surface area contributed by atoms with Crippen LogP contribution in [0.15, 0.2) is 35.5 Å². The molecule has 1 aromatic carbocycles. The summed E-state index contributed by atoms with van der Waals surface area (Å²) in [6, 6.07) is 8.63. The van der Waals surface area contributed by atoms with Crippen LogP contribution in [-0.4, -0.2) is 19.6 Å². The van der Waals surface area contributed by atoms with Gasteiger partial charge in [-0.2, -0.15) is 0 Å². The molecule has 100 valence electrons. The molecule has 1 aromatic rings. The molecule has 0 aliphatic carbocycles. The van der Waals surface area contributed by atoms with Gasteiger partial charge in [-0.1, -0.05) is 29.4 Å². The number of hydrogen-bond donors (Lipinski definition) is 0. The first-order valence-corrected chi connectivity index (χ1v) is 6.92. The Labute approximate surface area is 114 Å². The van der Waals surface area contributed by atoms with Crippen molar-refractivity contribution in [3.8, 4) is 0 Å². The lowest BCUT2D eigenvalue weighted by Crippen LogP contribution is -2.29. The van der Waals surface area contributed by atoms with E-state index in [0.717, 1.165) is 6.42 Å². The number of azide groups is 1. The molecule has 1 saturated heterocycles. The van der Waals surface area contributed by atoms with Crippen LogP contribution in [0.4, 0.5) is 5.69 Å². The third-order valence-corrected chi connectivity index (χ3v) is 3.36. The van der Waals surface area contributed by atoms with Crippen LogP contribution in [0.2, 0.25) is 0 Å². The van der Waals surface area contributed by atoms with Gasteiger partial charge in [0, 0.05) is 30.2 Å². The monoisotopic (exact) mass is 256 g/mol. The Bertz CT molecular complexity index is 469. The zero-order valence-electron chi connectivity index (χ0n) is 11.2. The zero-order valence-corrected chi connectivity index (χ0v) is 11.2. The van der Waals surface area contributed by atoms with Crippen molar-refractivity contribution < 1.29 is 0 Å². The Balaban J connectivity index is 1.96. The Morgan fingerprint density at radius 2 is 2.11 bits per heavy atom. The first-order valence-electron chi connectivity index (χ1n) is 6.92. The summed E-state index contributed by atoms with van der Waals surface area (Å²) < 4.78 is 0. The van der Waals surface area contributed by atoms with Crippen LogP contribution in [-0.2, 0) is 0 Å². The van der Waals surface area contributed by atoms with Crippen molar-refractivity contribution in [3.63, 3.8) is 0 Å². The van der Waals surface area contributed by atoms with E-state index < -0.39 is 0 Å². The van der Waals surface area contributed by atoms with Crippen LogP contribution in [0, 0.1) is 0 Å². The molecule has 0 bridgehead atoms. The fraction of sp³-hybridized carbons (Fsp3) is 0.467. The van der Waals surface area contributed by atoms with Crippen molar-refractivity contribution >= 4 is 11.8 Å². The predicted octanol–water partition coefficient (Wildman–Crippen LogP) is 4.39. The number of piperidine rings is 1. The van der Waals surface area contributed by atoms with Gasteiger partial charge in [0.1, 0.15) is 0 Å². The summed E-state index contributed by atoms with van der Waals surface area (Å²) in [6.45, 7) is 2.87. The largest absolute Gasteiger partial charge is 0.372 e. The van der Waals surface area contributed by atoms with Crippen molar-refractivity contribution in [2.75, 3.05) is 24.5 Å². The normalized spacial score (nSPS) is 15.5. The summed E-state index contributed by atoms with van der Waals surface area (Å²) in [7, 11) is 0. The maximum Gasteiger partial charge on any atom is 0.0372 e. The lowest BCUT2D eigenvalue weighted by molar-refractivity contribution is 0.578. The molecular formula is C15H20N4. The Kier molecular flexibility index (Phi) is 5.32. The summed E-state index contributed by atoms with van der Waals surface area (Å²) in [4.78, 5) is 5.20. The van der Waals surface area contributed by atoms with Crippen LogP contribution in [0.5, 0.6) is 0 Å². The van der Waals surface area contributed by atoms with E-state index in [1.54, 1.807) is 0 Å². The molecule has 1 fully saturated rings. The highest BCUT2D eigenvalue weighted by Crippen LogP contribution is 2.21. The SMILES string of the molecule is [N-]=[N+]=NCCC=Cc1cccc(N2CCCCC2)c1. The van der Waals surface area contributed by atoms with Gasteiger partial charge in [-0.15, -0.1) is 0 Å². The van der Waals surface area contributed by atoms with Crippen molar-refractivity contribution in [1.29, 1.82) is 0 Å². The molecule has 0 N–H and O–H groups in total. The first kappa shape index (κ1) is 13.5. The minimum absolute atomic E-state index is 0.527. The summed E-state index contributed by atoms with van der Waals surface area (Å²) in [5.74, 6) is 0. The molecule has 0 spiro atoms. The average molecular weight is 256 g/mol. The van der Waals surface area contributed by atoms with Gasteiger partial charge >= 0.3 is 0 Å². The maximum absolute atomic E-state index is 8.19. The number of benzene rings is 1. The molecule has 0 aromatic heterocycles. The molecule has 1 heterocycles. The van der Waals surface area contributed by atoms with E-state index in [-0.39, 0.29) is 0 Å². The van der Waals surface area contributed by atoms with Crippen LogP contribution < -0.4 is 4.90 Å². The van der Waals surface area contributed by atoms with E-state index in [9.17, 15) is 0 Å². The number of anilines is 1. The minimum atomic E-state index is 0.527. The van der Waals surface area contributed by atoms with E-state index in [2.05, 4.69) is 51.3 Å². The van der Waals surface area contributed by atoms with Gasteiger partial charge in [0.05, 0.1) is 0 Å². The predicted molar refractivity (Wildman–Crippen MR) is 80.2 cm³/mol. The van der Waals surface area contributed by atoms with Crippen LogP contribution >= 0.6 is 0 Å². The fourth-order valence-corrected chi connectivity index (χ4v) is 2.37. The van der Waals surface area contributed by atoms with E-state index in [0.29, 0.717) is 6.54 Å². The summed E-state index contributed by atoms with van der Waals surface area (Å²) >= 11 is 0. The van der Waals surface area contributed by atoms with Gasteiger partial charge in [0.25, 0.3) is 0 Å². The highest BCUT2D eigenvalue weighted by atomic mass is 15.1. The minimum Gasteiger partial charge on any atom is -0.372 e. The molecule has 0 unspecified atom stereocenters. The summed E-state index contributed by atoms with van der Waals surface area (Å²) in [6.07, 6.45) is 8.90. The standard InChI is InChI=1S/C15H20N4/c16-18-17-10-3-2-7-14-8-6-9-15(13-14)19-11-4-1-5-12-19/h2,6-9,13H,1,3-5,10-12H2. The second-order valence-electron chi connectivity index (χ2n) is 4.79. The Morgan fingerprint density at radius 1 is 1.26 bits per heavy atom. The Morgan fingerprint density at radius 3 is 2.89 bits per heavy atom. The molecule has 2 rings (SSSR count). The van der Waals surface area contributed by atoms with E-state index >= 15 is 0 Å². The van der Waals surface area contributed by atoms with Crippen molar-refractivity contribution in [1.82, 2.24) is 0 Å². The van der Waals surface area contributed by atoms with Gasteiger partial charge in [-0.3, -0.25) is 0 Å². The van der Waals surface area contributed by atoms with E-state index in [4.69, 9.17) is 5.53 Å². The van der Waals surface area contributed by atoms with Gasteiger partial charge in [0.2, 0.25) is 0 Å². The number of nitrogens with zero attached hydrogens (tertiary/aromatic N) is 4. The lowest BCUT2D eigenvalue weighted by Gasteiger charge is -2.29. The zero-order chi connectivity index (χ0) is 13.3. The van der Waals surface area contributed by atoms with Crippen molar-refractivity contribution in [2.45, 2.75) is 25.7 Å². The van der Waals surface area contributed by atoms with Gasteiger partial charge < -0.3 is 4.90 Å². The molecular weight excluding hydrogens is 236 g/mol. The van der Waals surface area contributed by atoms with Crippen LogP contribution in [0.25, 0.3) is 16.5 Å². The highest BCUT2D eigenvalue weighted by Gasteiger charge is 2.10. The molecule has 0 radical (unpaired) electrons. The first-order chi connectivity index (χ1) is 9.40. The van der Waals surface area contributed by atoms with E-state index in [1.165, 1.54) is 43.6 Å². The van der Waals surface area contributed by atoms with Gasteiger partial charge in [0.15, 0.2) is 0 Å². The van der Waals surface area contributed by atoms with E-state index in [1.807, 2.05) is 0 Å². The third-order valence-electron chi connectivity index (χ3n) is 3.36. The summed E-state index contributed by atoms with van der Waals surface area (Å²) in [5.41, 5.74) is 10.7. The molecule has 0 atom stereocenters. The molecule has 0 amide bonds. The molecule has 1 aliphatic heterocycles. The Hall–Kier alpha value is -1.93. The van der Waals surface area contributed by atoms with Crippen LogP contribution in [0.3, 0.4) is 0 Å².